The van der Waals surface area contributed by atoms with Gasteiger partial charge in [0.15, 0.2) is 0 Å². The molecule has 0 heterocycles. The van der Waals surface area contributed by atoms with Gasteiger partial charge in [0.2, 0.25) is 0 Å². The predicted octanol–water partition coefficient (Wildman–Crippen LogP) is 2.20. The molecule has 46 valence electrons. The highest BCUT2D eigenvalue weighted by Crippen LogP contribution is 2.70. The first-order chi connectivity index (χ1) is 3.66. The Bertz CT molecular complexity index is 124. The van der Waals surface area contributed by atoms with E-state index in [1.807, 2.05) is 0 Å². The van der Waals surface area contributed by atoms with Crippen LogP contribution in [0.1, 0.15) is 25.7 Å². The van der Waals surface area contributed by atoms with Crippen molar-refractivity contribution in [3.05, 3.63) is 0 Å². The van der Waals surface area contributed by atoms with E-state index in [0.717, 1.165) is 19.3 Å². The van der Waals surface area contributed by atoms with Crippen LogP contribution in [0, 0.1) is 5.41 Å². The maximum absolute atomic E-state index is 12.2. The summed E-state index contributed by atoms with van der Waals surface area (Å²) in [6, 6.07) is 0. The zero-order chi connectivity index (χ0) is 5.83. The molecule has 0 saturated heterocycles. The molecule has 0 radical (unpaired) electrons. The van der Waals surface area contributed by atoms with Gasteiger partial charge in [-0.05, 0) is 12.8 Å². The highest BCUT2D eigenvalue weighted by molar-refractivity contribution is 5.14. The Kier molecular flexibility index (Phi) is 0.552. The normalized spacial score (nSPS) is 36.8. The molecule has 0 aromatic rings. The lowest BCUT2D eigenvalue weighted by Crippen LogP contribution is -2.19. The molecule has 2 aliphatic carbocycles. The Morgan fingerprint density at radius 1 is 1.12 bits per heavy atom. The molecular formula is C6H8F2. The quantitative estimate of drug-likeness (QED) is 0.457. The predicted molar refractivity (Wildman–Crippen MR) is 25.8 cm³/mol. The van der Waals surface area contributed by atoms with Gasteiger partial charge < -0.3 is 0 Å². The average Bonchev–Trinajstić information content (AvgIpc) is 2.05. The fraction of sp³-hybridized carbons (Fsp3) is 1.00. The maximum atomic E-state index is 12.2. The summed E-state index contributed by atoms with van der Waals surface area (Å²) in [5, 5.41) is 0. The number of hydrogen-bond acceptors (Lipinski definition) is 0. The summed E-state index contributed by atoms with van der Waals surface area (Å²) in [5.41, 5.74) is -0.465. The van der Waals surface area contributed by atoms with Crippen molar-refractivity contribution in [1.29, 1.82) is 0 Å². The van der Waals surface area contributed by atoms with E-state index >= 15 is 0 Å². The van der Waals surface area contributed by atoms with Crippen LogP contribution in [-0.4, -0.2) is 5.92 Å². The van der Waals surface area contributed by atoms with E-state index in [1.54, 1.807) is 0 Å². The van der Waals surface area contributed by atoms with Gasteiger partial charge in [-0.3, -0.25) is 0 Å². The van der Waals surface area contributed by atoms with Crippen LogP contribution in [-0.2, 0) is 0 Å². The SMILES string of the molecule is FC1(F)CC12CCC2. The third-order valence-electron chi connectivity index (χ3n) is 2.52. The minimum absolute atomic E-state index is 0.181. The Labute approximate surface area is 46.9 Å². The summed E-state index contributed by atoms with van der Waals surface area (Å²) < 4.78 is 24.5. The van der Waals surface area contributed by atoms with Crippen LogP contribution in [0.3, 0.4) is 0 Å². The van der Waals surface area contributed by atoms with E-state index in [1.165, 1.54) is 0 Å². The second-order valence-corrected chi connectivity index (χ2v) is 3.02. The van der Waals surface area contributed by atoms with Crippen LogP contribution in [0.25, 0.3) is 0 Å². The first kappa shape index (κ1) is 4.71. The van der Waals surface area contributed by atoms with E-state index in [4.69, 9.17) is 0 Å². The van der Waals surface area contributed by atoms with Gasteiger partial charge >= 0.3 is 0 Å². The van der Waals surface area contributed by atoms with Gasteiger partial charge in [-0.15, -0.1) is 0 Å². The van der Waals surface area contributed by atoms with Crippen LogP contribution in [0.4, 0.5) is 8.78 Å². The molecule has 0 unspecified atom stereocenters. The van der Waals surface area contributed by atoms with E-state index in [2.05, 4.69) is 0 Å². The lowest BCUT2D eigenvalue weighted by molar-refractivity contribution is 0.0302. The summed E-state index contributed by atoms with van der Waals surface area (Å²) in [5.74, 6) is -2.26. The third-order valence-corrected chi connectivity index (χ3v) is 2.52. The molecule has 0 nitrogen and oxygen atoms in total. The average molecular weight is 118 g/mol. The second-order valence-electron chi connectivity index (χ2n) is 3.02. The molecule has 2 aliphatic rings. The van der Waals surface area contributed by atoms with E-state index in [9.17, 15) is 8.78 Å². The van der Waals surface area contributed by atoms with Gasteiger partial charge in [0.25, 0.3) is 5.92 Å². The highest BCUT2D eigenvalue weighted by atomic mass is 19.3. The number of halogens is 2. The largest absolute Gasteiger partial charge is 0.254 e. The standard InChI is InChI=1S/C6H8F2/c7-6(8)4-5(6)2-1-3-5/h1-4H2. The van der Waals surface area contributed by atoms with Crippen molar-refractivity contribution in [3.63, 3.8) is 0 Å². The summed E-state index contributed by atoms with van der Waals surface area (Å²) in [6.07, 6.45) is 2.76. The molecular weight excluding hydrogens is 110 g/mol. The molecule has 2 saturated carbocycles. The Morgan fingerprint density at radius 2 is 1.62 bits per heavy atom. The fourth-order valence-corrected chi connectivity index (χ4v) is 1.53. The van der Waals surface area contributed by atoms with Crippen molar-refractivity contribution in [2.45, 2.75) is 31.6 Å². The smallest absolute Gasteiger partial charge is 0.206 e. The zero-order valence-electron chi connectivity index (χ0n) is 4.58. The summed E-state index contributed by atoms with van der Waals surface area (Å²) in [4.78, 5) is 0. The van der Waals surface area contributed by atoms with Gasteiger partial charge in [0.1, 0.15) is 0 Å². The molecule has 0 bridgehead atoms. The zero-order valence-corrected chi connectivity index (χ0v) is 4.58. The van der Waals surface area contributed by atoms with Crippen molar-refractivity contribution in [2.75, 3.05) is 0 Å². The monoisotopic (exact) mass is 118 g/mol. The molecule has 0 aliphatic heterocycles. The minimum atomic E-state index is -2.26. The first-order valence-electron chi connectivity index (χ1n) is 3.04. The number of rotatable bonds is 0. The highest BCUT2D eigenvalue weighted by Gasteiger charge is 2.72. The van der Waals surface area contributed by atoms with Crippen LogP contribution in [0.2, 0.25) is 0 Å². The molecule has 8 heavy (non-hydrogen) atoms. The molecule has 0 N–H and O–H groups in total. The molecule has 2 rings (SSSR count). The molecule has 2 fully saturated rings. The fourth-order valence-electron chi connectivity index (χ4n) is 1.53. The van der Waals surface area contributed by atoms with Crippen molar-refractivity contribution < 1.29 is 8.78 Å². The van der Waals surface area contributed by atoms with E-state index < -0.39 is 11.3 Å². The lowest BCUT2D eigenvalue weighted by atomic mass is 9.81. The number of alkyl halides is 2. The summed E-state index contributed by atoms with van der Waals surface area (Å²) in [6.45, 7) is 0. The van der Waals surface area contributed by atoms with Crippen LogP contribution in [0.5, 0.6) is 0 Å². The lowest BCUT2D eigenvalue weighted by Gasteiger charge is -2.24. The van der Waals surface area contributed by atoms with Gasteiger partial charge in [-0.2, -0.15) is 0 Å². The van der Waals surface area contributed by atoms with Crippen LogP contribution >= 0.6 is 0 Å². The van der Waals surface area contributed by atoms with Crippen molar-refractivity contribution >= 4 is 0 Å². The Balaban J connectivity index is 2.12. The van der Waals surface area contributed by atoms with Gasteiger partial charge in [0.05, 0.1) is 0 Å². The van der Waals surface area contributed by atoms with Gasteiger partial charge in [-0.25, -0.2) is 8.78 Å². The second kappa shape index (κ2) is 0.937. The summed E-state index contributed by atoms with van der Waals surface area (Å²) >= 11 is 0. The maximum Gasteiger partial charge on any atom is 0.254 e. The van der Waals surface area contributed by atoms with Crippen molar-refractivity contribution in [3.8, 4) is 0 Å². The van der Waals surface area contributed by atoms with E-state index in [-0.39, 0.29) is 6.42 Å². The molecule has 1 spiro atoms. The molecule has 2 heteroatoms. The third kappa shape index (κ3) is 0.318. The van der Waals surface area contributed by atoms with Crippen LogP contribution < -0.4 is 0 Å². The topological polar surface area (TPSA) is 0 Å². The van der Waals surface area contributed by atoms with Crippen LogP contribution in [0.15, 0.2) is 0 Å². The van der Waals surface area contributed by atoms with Crippen molar-refractivity contribution in [1.82, 2.24) is 0 Å². The minimum Gasteiger partial charge on any atom is -0.206 e. The molecule has 0 aromatic heterocycles. The first-order valence-corrected chi connectivity index (χ1v) is 3.04. The molecule has 0 amide bonds. The summed E-state index contributed by atoms with van der Waals surface area (Å²) in [7, 11) is 0. The Morgan fingerprint density at radius 3 is 1.62 bits per heavy atom. The Hall–Kier alpha value is -0.140. The van der Waals surface area contributed by atoms with E-state index in [0.29, 0.717) is 0 Å². The van der Waals surface area contributed by atoms with Crippen molar-refractivity contribution in [2.24, 2.45) is 5.41 Å². The van der Waals surface area contributed by atoms with Gasteiger partial charge in [0, 0.05) is 11.8 Å². The molecule has 0 atom stereocenters. The van der Waals surface area contributed by atoms with Gasteiger partial charge in [-0.1, -0.05) is 6.42 Å². The molecule has 0 aromatic carbocycles. The number of hydrogen-bond donors (Lipinski definition) is 0.